The summed E-state index contributed by atoms with van der Waals surface area (Å²) in [5, 5.41) is 0. The molecule has 0 unspecified atom stereocenters. The molecule has 106 valence electrons. The summed E-state index contributed by atoms with van der Waals surface area (Å²) in [5.41, 5.74) is 4.14. The maximum absolute atomic E-state index is 2.41. The fraction of sp³-hybridized carbons (Fsp3) is 0.500. The topological polar surface area (TPSA) is 8.81 Å². The maximum Gasteiger partial charge on any atom is 0.238 e. The molecule has 0 spiro atoms. The monoisotopic (exact) mass is 269 g/mol. The summed E-state index contributed by atoms with van der Waals surface area (Å²) in [5.74, 6) is 0.742. The van der Waals surface area contributed by atoms with Crippen molar-refractivity contribution >= 4 is 0 Å². The van der Waals surface area contributed by atoms with Gasteiger partial charge in [0, 0.05) is 17.5 Å². The van der Waals surface area contributed by atoms with Gasteiger partial charge in [-0.3, -0.25) is 0 Å². The Morgan fingerprint density at radius 3 is 2.30 bits per heavy atom. The van der Waals surface area contributed by atoms with E-state index in [4.69, 9.17) is 0 Å². The lowest BCUT2D eigenvalue weighted by Crippen LogP contribution is -2.39. The number of aromatic nitrogens is 2. The normalized spacial score (nSPS) is 17.1. The van der Waals surface area contributed by atoms with Gasteiger partial charge in [-0.25, -0.2) is 0 Å². The smallest absolute Gasteiger partial charge is 0.160 e. The van der Waals surface area contributed by atoms with Gasteiger partial charge in [0.25, 0.3) is 0 Å². The zero-order valence-corrected chi connectivity index (χ0v) is 12.7. The molecular weight excluding hydrogens is 244 g/mol. The van der Waals surface area contributed by atoms with E-state index in [0.29, 0.717) is 0 Å². The van der Waals surface area contributed by atoms with Crippen molar-refractivity contribution in [2.75, 3.05) is 0 Å². The van der Waals surface area contributed by atoms with Gasteiger partial charge in [-0.2, -0.15) is 4.68 Å². The van der Waals surface area contributed by atoms with Crippen LogP contribution in [0.4, 0.5) is 0 Å². The lowest BCUT2D eigenvalue weighted by molar-refractivity contribution is -0.741. The predicted octanol–water partition coefficient (Wildman–Crippen LogP) is 3.95. The van der Waals surface area contributed by atoms with E-state index in [0.717, 1.165) is 5.92 Å². The molecule has 0 N–H and O–H groups in total. The minimum Gasteiger partial charge on any atom is -0.160 e. The zero-order valence-electron chi connectivity index (χ0n) is 12.7. The van der Waals surface area contributed by atoms with Gasteiger partial charge in [-0.05, 0) is 25.0 Å². The number of hydrogen-bond acceptors (Lipinski definition) is 0. The number of benzene rings is 1. The summed E-state index contributed by atoms with van der Waals surface area (Å²) in [6.07, 6.45) is 8.32. The third-order valence-corrected chi connectivity index (χ3v) is 4.80. The lowest BCUT2D eigenvalue weighted by atomic mass is 9.96. The summed E-state index contributed by atoms with van der Waals surface area (Å²) in [4.78, 5) is 0. The van der Waals surface area contributed by atoms with Gasteiger partial charge < -0.3 is 0 Å². The first-order valence-corrected chi connectivity index (χ1v) is 7.88. The summed E-state index contributed by atoms with van der Waals surface area (Å²) >= 11 is 0. The van der Waals surface area contributed by atoms with E-state index in [1.165, 1.54) is 55.5 Å². The molecule has 2 heteroatoms. The number of nitrogens with zero attached hydrogens (tertiary/aromatic N) is 2. The first-order chi connectivity index (χ1) is 9.77. The van der Waals surface area contributed by atoms with Crippen molar-refractivity contribution in [1.29, 1.82) is 0 Å². The molecule has 1 aliphatic carbocycles. The van der Waals surface area contributed by atoms with Crippen molar-refractivity contribution in [2.24, 2.45) is 14.1 Å². The SMILES string of the molecule is Cn1c(C2CCCCCC2)cc(-c2ccccc2)[n+]1C. The minimum absolute atomic E-state index is 0.742. The minimum atomic E-state index is 0.742. The standard InChI is InChI=1S/C18H25N2/c1-19-17(15-10-6-3-4-7-11-15)14-18(20(19)2)16-12-8-5-9-13-16/h5,8-9,12-15H,3-4,6-7,10-11H2,1-2H3/q+1. The number of hydrogen-bond donors (Lipinski definition) is 0. The van der Waals surface area contributed by atoms with Crippen LogP contribution in [0.1, 0.15) is 50.1 Å². The molecule has 1 heterocycles. The van der Waals surface area contributed by atoms with Crippen LogP contribution in [0.5, 0.6) is 0 Å². The highest BCUT2D eigenvalue weighted by atomic mass is 15.4. The van der Waals surface area contributed by atoms with Crippen molar-refractivity contribution < 1.29 is 4.68 Å². The Hall–Kier alpha value is -1.57. The highest BCUT2D eigenvalue weighted by Gasteiger charge is 2.25. The van der Waals surface area contributed by atoms with Crippen LogP contribution in [-0.2, 0) is 14.1 Å². The molecule has 3 rings (SSSR count). The average Bonchev–Trinajstić information content (AvgIpc) is 2.69. The van der Waals surface area contributed by atoms with E-state index in [1.54, 1.807) is 0 Å². The lowest BCUT2D eigenvalue weighted by Gasteiger charge is -2.12. The predicted molar refractivity (Wildman–Crippen MR) is 82.5 cm³/mol. The molecule has 0 amide bonds. The van der Waals surface area contributed by atoms with Crippen LogP contribution in [-0.4, -0.2) is 4.68 Å². The third-order valence-electron chi connectivity index (χ3n) is 4.80. The summed E-state index contributed by atoms with van der Waals surface area (Å²) < 4.78 is 4.63. The summed E-state index contributed by atoms with van der Waals surface area (Å²) in [6.45, 7) is 0. The van der Waals surface area contributed by atoms with Crippen LogP contribution in [0.2, 0.25) is 0 Å². The van der Waals surface area contributed by atoms with Gasteiger partial charge in [0.2, 0.25) is 5.69 Å². The van der Waals surface area contributed by atoms with Crippen LogP contribution < -0.4 is 4.68 Å². The van der Waals surface area contributed by atoms with Crippen LogP contribution >= 0.6 is 0 Å². The fourth-order valence-electron chi connectivity index (χ4n) is 3.50. The second-order valence-electron chi connectivity index (χ2n) is 6.06. The molecule has 20 heavy (non-hydrogen) atoms. The molecule has 1 saturated carbocycles. The van der Waals surface area contributed by atoms with Gasteiger partial charge in [-0.1, -0.05) is 43.9 Å². The molecule has 0 atom stereocenters. The zero-order chi connectivity index (χ0) is 13.9. The Balaban J connectivity index is 1.97. The van der Waals surface area contributed by atoms with E-state index in [1.807, 2.05) is 0 Å². The first-order valence-electron chi connectivity index (χ1n) is 7.88. The Bertz CT molecular complexity index is 561. The molecule has 0 bridgehead atoms. The van der Waals surface area contributed by atoms with E-state index < -0.39 is 0 Å². The Labute approximate surface area is 122 Å². The van der Waals surface area contributed by atoms with E-state index in [-0.39, 0.29) is 0 Å². The Morgan fingerprint density at radius 1 is 1.00 bits per heavy atom. The molecule has 2 aromatic rings. The van der Waals surface area contributed by atoms with Crippen LogP contribution in [0.3, 0.4) is 0 Å². The van der Waals surface area contributed by atoms with Crippen molar-refractivity contribution in [3.05, 3.63) is 42.1 Å². The maximum atomic E-state index is 2.41. The molecule has 0 radical (unpaired) electrons. The van der Waals surface area contributed by atoms with Crippen molar-refractivity contribution in [2.45, 2.75) is 44.4 Å². The molecule has 1 aromatic carbocycles. The third kappa shape index (κ3) is 2.52. The second kappa shape index (κ2) is 5.82. The molecule has 1 aromatic heterocycles. The molecule has 2 nitrogen and oxygen atoms in total. The quantitative estimate of drug-likeness (QED) is 0.576. The van der Waals surface area contributed by atoms with E-state index >= 15 is 0 Å². The molecular formula is C18H25N2+. The molecule has 0 aliphatic heterocycles. The van der Waals surface area contributed by atoms with Gasteiger partial charge in [-0.15, -0.1) is 4.68 Å². The van der Waals surface area contributed by atoms with Gasteiger partial charge in [0.1, 0.15) is 0 Å². The first kappa shape index (κ1) is 13.4. The Morgan fingerprint density at radius 2 is 1.65 bits per heavy atom. The fourth-order valence-corrected chi connectivity index (χ4v) is 3.50. The number of rotatable bonds is 2. The average molecular weight is 269 g/mol. The van der Waals surface area contributed by atoms with Crippen molar-refractivity contribution in [3.8, 4) is 11.3 Å². The Kier molecular flexibility index (Phi) is 3.90. The summed E-state index contributed by atoms with van der Waals surface area (Å²) in [6, 6.07) is 13.1. The van der Waals surface area contributed by atoms with Crippen LogP contribution in [0.25, 0.3) is 11.3 Å². The van der Waals surface area contributed by atoms with Crippen LogP contribution in [0.15, 0.2) is 36.4 Å². The van der Waals surface area contributed by atoms with Crippen LogP contribution in [0, 0.1) is 0 Å². The van der Waals surface area contributed by atoms with Gasteiger partial charge in [0.15, 0.2) is 7.05 Å². The van der Waals surface area contributed by atoms with Crippen molar-refractivity contribution in [1.82, 2.24) is 4.68 Å². The van der Waals surface area contributed by atoms with Crippen molar-refractivity contribution in [3.63, 3.8) is 0 Å². The molecule has 1 aliphatic rings. The summed E-state index contributed by atoms with van der Waals surface area (Å²) in [7, 11) is 4.37. The van der Waals surface area contributed by atoms with Gasteiger partial charge in [0.05, 0.1) is 12.7 Å². The second-order valence-corrected chi connectivity index (χ2v) is 6.06. The van der Waals surface area contributed by atoms with E-state index in [9.17, 15) is 0 Å². The largest absolute Gasteiger partial charge is 0.238 e. The molecule has 1 fully saturated rings. The highest BCUT2D eigenvalue weighted by Crippen LogP contribution is 2.32. The highest BCUT2D eigenvalue weighted by molar-refractivity contribution is 5.56. The van der Waals surface area contributed by atoms with Gasteiger partial charge >= 0.3 is 0 Å². The van der Waals surface area contributed by atoms with E-state index in [2.05, 4.69) is 59.9 Å². The molecule has 0 saturated heterocycles.